The van der Waals surface area contributed by atoms with Gasteiger partial charge in [0.25, 0.3) is 0 Å². The largest absolute Gasteiger partial charge is 0.392 e. The van der Waals surface area contributed by atoms with Crippen molar-refractivity contribution in [3.63, 3.8) is 0 Å². The van der Waals surface area contributed by atoms with Crippen molar-refractivity contribution in [1.29, 1.82) is 0 Å². The minimum Gasteiger partial charge on any atom is -0.392 e. The van der Waals surface area contributed by atoms with Crippen LogP contribution in [-0.2, 0) is 4.74 Å². The van der Waals surface area contributed by atoms with Gasteiger partial charge in [0.05, 0.1) is 19.3 Å². The molecule has 3 heteroatoms. The van der Waals surface area contributed by atoms with Gasteiger partial charge >= 0.3 is 0 Å². The summed E-state index contributed by atoms with van der Waals surface area (Å²) in [6.07, 6.45) is 5.03. The Morgan fingerprint density at radius 1 is 1.00 bits per heavy atom. The second-order valence-corrected chi connectivity index (χ2v) is 5.28. The minimum absolute atomic E-state index is 0.00778. The highest BCUT2D eigenvalue weighted by Crippen LogP contribution is 2.44. The van der Waals surface area contributed by atoms with E-state index in [1.54, 1.807) is 0 Å². The van der Waals surface area contributed by atoms with Gasteiger partial charge in [-0.2, -0.15) is 0 Å². The van der Waals surface area contributed by atoms with Crippen LogP contribution in [0, 0.1) is 11.8 Å². The molecular weight excluding hydrogens is 190 g/mol. The van der Waals surface area contributed by atoms with E-state index in [9.17, 15) is 5.11 Å². The maximum Gasteiger partial charge on any atom is 0.0611 e. The fourth-order valence-corrected chi connectivity index (χ4v) is 3.79. The Balaban J connectivity index is 1.69. The minimum atomic E-state index is -0.00778. The summed E-state index contributed by atoms with van der Waals surface area (Å²) in [6.45, 7) is 3.89. The molecule has 1 N–H and O–H groups in total. The molecule has 0 amide bonds. The zero-order chi connectivity index (χ0) is 10.3. The van der Waals surface area contributed by atoms with Crippen LogP contribution in [0.3, 0.4) is 0 Å². The summed E-state index contributed by atoms with van der Waals surface area (Å²) in [5.74, 6) is 1.18. The standard InChI is InChI=1S/C12H21NO2/c14-12-9-1-3-10(12)11(4-2-9)13-5-7-15-8-6-13/h9-12,14H,1-8H2/t9-,10+,11-,12+/m1/s1. The molecule has 0 spiro atoms. The molecule has 0 aromatic heterocycles. The fraction of sp³-hybridized carbons (Fsp3) is 1.00. The van der Waals surface area contributed by atoms with Crippen molar-refractivity contribution in [1.82, 2.24) is 4.90 Å². The lowest BCUT2D eigenvalue weighted by molar-refractivity contribution is -0.0412. The van der Waals surface area contributed by atoms with Gasteiger partial charge in [-0.3, -0.25) is 4.90 Å². The Morgan fingerprint density at radius 2 is 1.73 bits per heavy atom. The summed E-state index contributed by atoms with van der Waals surface area (Å²) in [5, 5.41) is 10.2. The third-order valence-corrected chi connectivity index (χ3v) is 4.63. The van der Waals surface area contributed by atoms with Gasteiger partial charge in [0.15, 0.2) is 0 Å². The van der Waals surface area contributed by atoms with Crippen LogP contribution in [0.5, 0.6) is 0 Å². The van der Waals surface area contributed by atoms with Crippen LogP contribution in [0.2, 0.25) is 0 Å². The van der Waals surface area contributed by atoms with Gasteiger partial charge in [0, 0.05) is 25.0 Å². The lowest BCUT2D eigenvalue weighted by Gasteiger charge is -2.42. The molecule has 3 fully saturated rings. The summed E-state index contributed by atoms with van der Waals surface area (Å²) in [4.78, 5) is 2.55. The number of hydrogen-bond donors (Lipinski definition) is 1. The number of aliphatic hydroxyl groups is 1. The zero-order valence-electron chi connectivity index (χ0n) is 9.27. The fourth-order valence-electron chi connectivity index (χ4n) is 3.79. The van der Waals surface area contributed by atoms with Gasteiger partial charge < -0.3 is 9.84 Å². The lowest BCUT2D eigenvalue weighted by Crippen LogP contribution is -2.51. The van der Waals surface area contributed by atoms with Crippen molar-refractivity contribution in [3.05, 3.63) is 0 Å². The number of rotatable bonds is 1. The summed E-state index contributed by atoms with van der Waals surface area (Å²) >= 11 is 0. The number of nitrogens with zero attached hydrogens (tertiary/aromatic N) is 1. The molecule has 86 valence electrons. The van der Waals surface area contributed by atoms with E-state index in [-0.39, 0.29) is 6.10 Å². The normalized spacial score (nSPS) is 47.0. The molecule has 1 saturated heterocycles. The Hall–Kier alpha value is -0.120. The highest BCUT2D eigenvalue weighted by molar-refractivity contribution is 4.97. The predicted octanol–water partition coefficient (Wildman–Crippen LogP) is 0.868. The average molecular weight is 211 g/mol. The third kappa shape index (κ3) is 1.71. The van der Waals surface area contributed by atoms with E-state index in [1.807, 2.05) is 0 Å². The monoisotopic (exact) mass is 211 g/mol. The van der Waals surface area contributed by atoms with Gasteiger partial charge in [-0.15, -0.1) is 0 Å². The highest BCUT2D eigenvalue weighted by atomic mass is 16.5. The number of aliphatic hydroxyl groups excluding tert-OH is 1. The van der Waals surface area contributed by atoms with E-state index in [2.05, 4.69) is 4.90 Å². The van der Waals surface area contributed by atoms with Crippen molar-refractivity contribution in [2.45, 2.75) is 37.8 Å². The maximum atomic E-state index is 10.2. The first-order chi connectivity index (χ1) is 7.36. The van der Waals surface area contributed by atoms with E-state index in [0.717, 1.165) is 26.3 Å². The Labute approximate surface area is 91.4 Å². The average Bonchev–Trinajstić information content (AvgIpc) is 2.54. The first kappa shape index (κ1) is 10.1. The first-order valence-electron chi connectivity index (χ1n) is 6.36. The Bertz CT molecular complexity index is 228. The van der Waals surface area contributed by atoms with Crippen LogP contribution in [0.15, 0.2) is 0 Å². The van der Waals surface area contributed by atoms with Crippen LogP contribution < -0.4 is 0 Å². The van der Waals surface area contributed by atoms with Crippen LogP contribution in [0.25, 0.3) is 0 Å². The van der Waals surface area contributed by atoms with Crippen LogP contribution in [0.4, 0.5) is 0 Å². The molecule has 3 aliphatic rings. The second kappa shape index (κ2) is 4.04. The molecule has 1 aliphatic heterocycles. The SMILES string of the molecule is O[C@H]1[C@@H]2CC[C@H]1[C@H](N1CCOCC1)CC2. The molecule has 2 aliphatic carbocycles. The number of hydrogen-bond acceptors (Lipinski definition) is 3. The molecule has 2 saturated carbocycles. The first-order valence-corrected chi connectivity index (χ1v) is 6.36. The van der Waals surface area contributed by atoms with E-state index in [0.29, 0.717) is 17.9 Å². The molecule has 0 aromatic rings. The molecule has 2 bridgehead atoms. The topological polar surface area (TPSA) is 32.7 Å². The van der Waals surface area contributed by atoms with Crippen molar-refractivity contribution in [3.8, 4) is 0 Å². The molecule has 1 heterocycles. The number of ether oxygens (including phenoxy) is 1. The molecule has 3 rings (SSSR count). The summed E-state index contributed by atoms with van der Waals surface area (Å²) in [7, 11) is 0. The lowest BCUT2D eigenvalue weighted by atomic mass is 9.81. The van der Waals surface area contributed by atoms with E-state index in [1.165, 1.54) is 25.7 Å². The highest BCUT2D eigenvalue weighted by Gasteiger charge is 2.45. The van der Waals surface area contributed by atoms with E-state index in [4.69, 9.17) is 4.74 Å². The number of fused-ring (bicyclic) bond motifs is 2. The molecule has 15 heavy (non-hydrogen) atoms. The van der Waals surface area contributed by atoms with Crippen LogP contribution >= 0.6 is 0 Å². The van der Waals surface area contributed by atoms with Crippen LogP contribution in [-0.4, -0.2) is 48.5 Å². The van der Waals surface area contributed by atoms with E-state index >= 15 is 0 Å². The zero-order valence-corrected chi connectivity index (χ0v) is 9.27. The Morgan fingerprint density at radius 3 is 2.53 bits per heavy atom. The smallest absolute Gasteiger partial charge is 0.0611 e. The number of morpholine rings is 1. The molecule has 0 radical (unpaired) electrons. The van der Waals surface area contributed by atoms with Crippen molar-refractivity contribution >= 4 is 0 Å². The van der Waals surface area contributed by atoms with Gasteiger partial charge in [0.1, 0.15) is 0 Å². The van der Waals surface area contributed by atoms with Crippen molar-refractivity contribution in [2.75, 3.05) is 26.3 Å². The van der Waals surface area contributed by atoms with Crippen LogP contribution in [0.1, 0.15) is 25.7 Å². The third-order valence-electron chi connectivity index (χ3n) is 4.63. The van der Waals surface area contributed by atoms with Gasteiger partial charge in [-0.1, -0.05) is 0 Å². The maximum absolute atomic E-state index is 10.2. The van der Waals surface area contributed by atoms with Crippen molar-refractivity contribution in [2.24, 2.45) is 11.8 Å². The van der Waals surface area contributed by atoms with Gasteiger partial charge in [0.2, 0.25) is 0 Å². The van der Waals surface area contributed by atoms with Gasteiger partial charge in [-0.05, 0) is 31.6 Å². The summed E-state index contributed by atoms with van der Waals surface area (Å²) in [5.41, 5.74) is 0. The van der Waals surface area contributed by atoms with E-state index < -0.39 is 0 Å². The molecule has 0 aromatic carbocycles. The predicted molar refractivity (Wildman–Crippen MR) is 57.6 cm³/mol. The van der Waals surface area contributed by atoms with Crippen molar-refractivity contribution < 1.29 is 9.84 Å². The summed E-state index contributed by atoms with van der Waals surface area (Å²) in [6, 6.07) is 0.641. The molecule has 0 unspecified atom stereocenters. The molecule has 3 nitrogen and oxygen atoms in total. The Kier molecular flexibility index (Phi) is 2.71. The molecule has 4 atom stereocenters. The molecular formula is C12H21NO2. The summed E-state index contributed by atoms with van der Waals surface area (Å²) < 4.78 is 5.39. The van der Waals surface area contributed by atoms with Gasteiger partial charge in [-0.25, -0.2) is 0 Å². The second-order valence-electron chi connectivity index (χ2n) is 5.28. The quantitative estimate of drug-likeness (QED) is 0.698.